The van der Waals surface area contributed by atoms with Crippen molar-refractivity contribution in [1.82, 2.24) is 5.32 Å². The van der Waals surface area contributed by atoms with Gasteiger partial charge in [-0.05, 0) is 12.5 Å². The molecule has 1 atom stereocenters. The van der Waals surface area contributed by atoms with Gasteiger partial charge in [0.05, 0.1) is 0 Å². The fourth-order valence-corrected chi connectivity index (χ4v) is 2.35. The Hall–Kier alpha value is -2.03. The van der Waals surface area contributed by atoms with Crippen LogP contribution >= 0.6 is 0 Å². The summed E-state index contributed by atoms with van der Waals surface area (Å²) in [6, 6.07) is 7.95. The van der Waals surface area contributed by atoms with Crippen LogP contribution in [0.3, 0.4) is 0 Å². The summed E-state index contributed by atoms with van der Waals surface area (Å²) in [5.41, 5.74) is 2.55. The SMILES string of the molecule is C=C(C(=O)NC)C(C)c1oc2ccccc2c1CC. The molecule has 0 radical (unpaired) electrons. The first kappa shape index (κ1) is 13.4. The minimum Gasteiger partial charge on any atom is -0.460 e. The Morgan fingerprint density at radius 3 is 2.74 bits per heavy atom. The van der Waals surface area contributed by atoms with Gasteiger partial charge in [0.15, 0.2) is 0 Å². The maximum Gasteiger partial charge on any atom is 0.247 e. The highest BCUT2D eigenvalue weighted by Crippen LogP contribution is 2.34. The summed E-state index contributed by atoms with van der Waals surface area (Å²) in [4.78, 5) is 11.7. The summed E-state index contributed by atoms with van der Waals surface area (Å²) in [7, 11) is 1.61. The summed E-state index contributed by atoms with van der Waals surface area (Å²) >= 11 is 0. The number of carbonyl (C=O) groups excluding carboxylic acids is 1. The minimum atomic E-state index is -0.144. The molecule has 2 aromatic rings. The zero-order valence-electron chi connectivity index (χ0n) is 11.6. The van der Waals surface area contributed by atoms with E-state index in [0.29, 0.717) is 5.57 Å². The first-order chi connectivity index (χ1) is 9.10. The zero-order valence-corrected chi connectivity index (χ0v) is 11.6. The smallest absolute Gasteiger partial charge is 0.247 e. The first-order valence-corrected chi connectivity index (χ1v) is 6.51. The van der Waals surface area contributed by atoms with E-state index in [1.807, 2.05) is 25.1 Å². The molecule has 1 N–H and O–H groups in total. The summed E-state index contributed by atoms with van der Waals surface area (Å²) < 4.78 is 5.93. The van der Waals surface area contributed by atoms with Crippen molar-refractivity contribution in [1.29, 1.82) is 0 Å². The molecule has 0 spiro atoms. The molecule has 0 fully saturated rings. The highest BCUT2D eigenvalue weighted by Gasteiger charge is 2.23. The van der Waals surface area contributed by atoms with E-state index >= 15 is 0 Å². The molecule has 0 aliphatic heterocycles. The molecule has 1 amide bonds. The van der Waals surface area contributed by atoms with Crippen LogP contribution in [0.5, 0.6) is 0 Å². The Balaban J connectivity index is 2.50. The maximum absolute atomic E-state index is 11.7. The van der Waals surface area contributed by atoms with Crippen LogP contribution in [0, 0.1) is 0 Å². The van der Waals surface area contributed by atoms with Crippen molar-refractivity contribution in [2.24, 2.45) is 0 Å². The number of rotatable bonds is 4. The van der Waals surface area contributed by atoms with E-state index in [-0.39, 0.29) is 11.8 Å². The van der Waals surface area contributed by atoms with Crippen molar-refractivity contribution in [2.75, 3.05) is 7.05 Å². The molecule has 0 aliphatic rings. The third-order valence-electron chi connectivity index (χ3n) is 3.52. The number of hydrogen-bond donors (Lipinski definition) is 1. The van der Waals surface area contributed by atoms with Gasteiger partial charge in [-0.25, -0.2) is 0 Å². The minimum absolute atomic E-state index is 0.123. The van der Waals surface area contributed by atoms with E-state index in [9.17, 15) is 4.79 Å². The van der Waals surface area contributed by atoms with Gasteiger partial charge in [0.2, 0.25) is 5.91 Å². The lowest BCUT2D eigenvalue weighted by molar-refractivity contribution is -0.117. The van der Waals surface area contributed by atoms with Crippen molar-refractivity contribution in [3.05, 3.63) is 47.7 Å². The average molecular weight is 257 g/mol. The number of aryl methyl sites for hydroxylation is 1. The standard InChI is InChI=1S/C16H19NO2/c1-5-12-13-8-6-7-9-14(13)19-15(12)10(2)11(3)16(18)17-4/h6-10H,3,5H2,1-2,4H3,(H,17,18). The zero-order chi connectivity index (χ0) is 14.0. The van der Waals surface area contributed by atoms with E-state index in [1.165, 1.54) is 0 Å². The van der Waals surface area contributed by atoms with Crippen LogP contribution in [-0.4, -0.2) is 13.0 Å². The maximum atomic E-state index is 11.7. The largest absolute Gasteiger partial charge is 0.460 e. The van der Waals surface area contributed by atoms with Crippen LogP contribution in [0.1, 0.15) is 31.1 Å². The fourth-order valence-electron chi connectivity index (χ4n) is 2.35. The molecule has 19 heavy (non-hydrogen) atoms. The monoisotopic (exact) mass is 257 g/mol. The summed E-state index contributed by atoms with van der Waals surface area (Å²) in [5, 5.41) is 3.73. The van der Waals surface area contributed by atoms with Gasteiger partial charge >= 0.3 is 0 Å². The molecule has 1 aromatic carbocycles. The number of fused-ring (bicyclic) bond motifs is 1. The molecule has 2 rings (SSSR count). The van der Waals surface area contributed by atoms with Crippen molar-refractivity contribution in [3.63, 3.8) is 0 Å². The van der Waals surface area contributed by atoms with Gasteiger partial charge in [-0.15, -0.1) is 0 Å². The van der Waals surface area contributed by atoms with Crippen LogP contribution in [0.4, 0.5) is 0 Å². The summed E-state index contributed by atoms with van der Waals surface area (Å²) in [6.45, 7) is 7.92. The number of nitrogens with one attached hydrogen (secondary N) is 1. The summed E-state index contributed by atoms with van der Waals surface area (Å²) in [5.74, 6) is 0.578. The number of carbonyl (C=O) groups is 1. The van der Waals surface area contributed by atoms with Crippen LogP contribution in [0.15, 0.2) is 40.8 Å². The van der Waals surface area contributed by atoms with Gasteiger partial charge in [-0.3, -0.25) is 4.79 Å². The fraction of sp³-hybridized carbons (Fsp3) is 0.312. The lowest BCUT2D eigenvalue weighted by atomic mass is 9.94. The van der Waals surface area contributed by atoms with E-state index in [4.69, 9.17) is 4.42 Å². The van der Waals surface area contributed by atoms with Gasteiger partial charge in [-0.2, -0.15) is 0 Å². The van der Waals surface area contributed by atoms with Gasteiger partial charge in [0.25, 0.3) is 0 Å². The van der Waals surface area contributed by atoms with E-state index < -0.39 is 0 Å². The van der Waals surface area contributed by atoms with E-state index in [1.54, 1.807) is 7.05 Å². The molecule has 1 unspecified atom stereocenters. The van der Waals surface area contributed by atoms with Crippen molar-refractivity contribution >= 4 is 16.9 Å². The Bertz CT molecular complexity index is 625. The number of hydrogen-bond acceptors (Lipinski definition) is 2. The highest BCUT2D eigenvalue weighted by molar-refractivity contribution is 5.94. The average Bonchev–Trinajstić information content (AvgIpc) is 2.83. The Kier molecular flexibility index (Phi) is 3.74. The Morgan fingerprint density at radius 2 is 2.11 bits per heavy atom. The number of para-hydroxylation sites is 1. The lowest BCUT2D eigenvalue weighted by Crippen LogP contribution is -2.22. The third-order valence-corrected chi connectivity index (χ3v) is 3.52. The Labute approximate surface area is 113 Å². The van der Waals surface area contributed by atoms with Gasteiger partial charge in [0.1, 0.15) is 11.3 Å². The van der Waals surface area contributed by atoms with Gasteiger partial charge < -0.3 is 9.73 Å². The molecular weight excluding hydrogens is 238 g/mol. The van der Waals surface area contributed by atoms with Gasteiger partial charge in [0, 0.05) is 29.5 Å². The molecule has 0 aliphatic carbocycles. The molecule has 1 heterocycles. The van der Waals surface area contributed by atoms with Crippen LogP contribution in [-0.2, 0) is 11.2 Å². The van der Waals surface area contributed by atoms with Crippen LogP contribution in [0.25, 0.3) is 11.0 Å². The van der Waals surface area contributed by atoms with Crippen molar-refractivity contribution in [2.45, 2.75) is 26.2 Å². The Morgan fingerprint density at radius 1 is 1.42 bits per heavy atom. The van der Waals surface area contributed by atoms with E-state index in [2.05, 4.69) is 24.9 Å². The number of benzene rings is 1. The molecule has 0 bridgehead atoms. The second-order valence-electron chi connectivity index (χ2n) is 4.62. The van der Waals surface area contributed by atoms with Crippen LogP contribution < -0.4 is 5.32 Å². The number of amides is 1. The number of likely N-dealkylation sites (N-methyl/N-ethyl adjacent to an activating group) is 1. The lowest BCUT2D eigenvalue weighted by Gasteiger charge is -2.12. The van der Waals surface area contributed by atoms with Gasteiger partial charge in [-0.1, -0.05) is 38.6 Å². The molecule has 0 saturated carbocycles. The second kappa shape index (κ2) is 5.31. The topological polar surface area (TPSA) is 42.2 Å². The molecule has 100 valence electrons. The summed E-state index contributed by atoms with van der Waals surface area (Å²) in [6.07, 6.45) is 0.873. The number of furan rings is 1. The molecule has 0 saturated heterocycles. The van der Waals surface area contributed by atoms with Crippen molar-refractivity contribution < 1.29 is 9.21 Å². The predicted octanol–water partition coefficient (Wildman–Crippen LogP) is 3.40. The quantitative estimate of drug-likeness (QED) is 0.853. The van der Waals surface area contributed by atoms with Crippen LogP contribution in [0.2, 0.25) is 0 Å². The first-order valence-electron chi connectivity index (χ1n) is 6.51. The van der Waals surface area contributed by atoms with E-state index in [0.717, 1.165) is 28.7 Å². The third kappa shape index (κ3) is 2.28. The van der Waals surface area contributed by atoms with Crippen molar-refractivity contribution in [3.8, 4) is 0 Å². The highest BCUT2D eigenvalue weighted by atomic mass is 16.3. The molecule has 1 aromatic heterocycles. The molecule has 3 heteroatoms. The normalized spacial score (nSPS) is 12.4. The molecule has 3 nitrogen and oxygen atoms in total. The second-order valence-corrected chi connectivity index (χ2v) is 4.62. The molecular formula is C16H19NO2. The predicted molar refractivity (Wildman–Crippen MR) is 77.2 cm³/mol.